The second-order valence-corrected chi connectivity index (χ2v) is 5.31. The first-order valence-electron chi connectivity index (χ1n) is 6.94. The Hall–Kier alpha value is -0.610. The zero-order chi connectivity index (χ0) is 13.4. The molecular weight excluding hydrogens is 232 g/mol. The van der Waals surface area contributed by atoms with E-state index in [2.05, 4.69) is 6.92 Å². The predicted octanol–water partition coefficient (Wildman–Crippen LogP) is 2.71. The molecule has 1 rings (SSSR count). The molecule has 1 saturated carbocycles. The number of hydrogen-bond acceptors (Lipinski definition) is 3. The van der Waals surface area contributed by atoms with Gasteiger partial charge in [-0.1, -0.05) is 13.3 Å². The van der Waals surface area contributed by atoms with E-state index in [1.807, 2.05) is 0 Å². The van der Waals surface area contributed by atoms with Crippen LogP contribution in [0.1, 0.15) is 45.4 Å². The van der Waals surface area contributed by atoms with Crippen molar-refractivity contribution in [3.63, 3.8) is 0 Å². The lowest BCUT2D eigenvalue weighted by molar-refractivity contribution is -0.149. The van der Waals surface area contributed by atoms with Crippen molar-refractivity contribution in [2.75, 3.05) is 26.9 Å². The summed E-state index contributed by atoms with van der Waals surface area (Å²) in [5.41, 5.74) is -0.481. The van der Waals surface area contributed by atoms with Crippen LogP contribution in [-0.2, 0) is 14.3 Å². The lowest BCUT2D eigenvalue weighted by atomic mass is 9.80. The fourth-order valence-corrected chi connectivity index (χ4v) is 2.87. The molecule has 1 aliphatic rings. The third kappa shape index (κ3) is 4.25. The quantitative estimate of drug-likeness (QED) is 0.646. The predicted molar refractivity (Wildman–Crippen MR) is 69.6 cm³/mol. The smallest absolute Gasteiger partial charge is 0.309 e. The molecule has 0 amide bonds. The van der Waals surface area contributed by atoms with Crippen LogP contribution in [-0.4, -0.2) is 38.0 Å². The van der Waals surface area contributed by atoms with Gasteiger partial charge in [-0.2, -0.15) is 0 Å². The van der Waals surface area contributed by atoms with E-state index in [0.29, 0.717) is 25.7 Å². The van der Waals surface area contributed by atoms with Crippen molar-refractivity contribution in [1.82, 2.24) is 0 Å². The van der Waals surface area contributed by atoms with Crippen molar-refractivity contribution >= 4 is 5.97 Å². The van der Waals surface area contributed by atoms with Gasteiger partial charge in [-0.05, 0) is 38.0 Å². The SMILES string of the molecule is CCC1CCC(CCCOCCOC)(C(=O)O)C1. The molecule has 0 aromatic carbocycles. The molecule has 0 bridgehead atoms. The largest absolute Gasteiger partial charge is 0.481 e. The van der Waals surface area contributed by atoms with Gasteiger partial charge in [-0.25, -0.2) is 0 Å². The maximum Gasteiger partial charge on any atom is 0.309 e. The molecule has 2 atom stereocenters. The maximum absolute atomic E-state index is 11.5. The maximum atomic E-state index is 11.5. The molecular formula is C14H26O4. The third-order valence-electron chi connectivity index (χ3n) is 4.12. The molecule has 106 valence electrons. The molecule has 0 radical (unpaired) electrons. The van der Waals surface area contributed by atoms with E-state index in [4.69, 9.17) is 9.47 Å². The summed E-state index contributed by atoms with van der Waals surface area (Å²) in [6.07, 6.45) is 5.40. The van der Waals surface area contributed by atoms with Crippen LogP contribution in [0.3, 0.4) is 0 Å². The highest BCUT2D eigenvalue weighted by molar-refractivity contribution is 5.75. The highest BCUT2D eigenvalue weighted by atomic mass is 16.5. The Balaban J connectivity index is 2.29. The zero-order valence-corrected chi connectivity index (χ0v) is 11.6. The van der Waals surface area contributed by atoms with E-state index in [1.54, 1.807) is 7.11 Å². The normalized spacial score (nSPS) is 27.6. The minimum atomic E-state index is -0.615. The minimum absolute atomic E-state index is 0.481. The Morgan fingerprint density at radius 2 is 2.17 bits per heavy atom. The van der Waals surface area contributed by atoms with E-state index in [0.717, 1.165) is 38.5 Å². The van der Waals surface area contributed by atoms with Crippen LogP contribution in [0.25, 0.3) is 0 Å². The summed E-state index contributed by atoms with van der Waals surface area (Å²) in [5.74, 6) is -0.0224. The van der Waals surface area contributed by atoms with Gasteiger partial charge in [0, 0.05) is 13.7 Å². The van der Waals surface area contributed by atoms with Crippen LogP contribution >= 0.6 is 0 Å². The molecule has 0 heterocycles. The molecule has 0 aromatic rings. The van der Waals surface area contributed by atoms with Gasteiger partial charge in [-0.15, -0.1) is 0 Å². The zero-order valence-electron chi connectivity index (χ0n) is 11.6. The first kappa shape index (κ1) is 15.4. The Labute approximate surface area is 110 Å². The van der Waals surface area contributed by atoms with Gasteiger partial charge in [0.25, 0.3) is 0 Å². The van der Waals surface area contributed by atoms with Crippen molar-refractivity contribution in [3.05, 3.63) is 0 Å². The van der Waals surface area contributed by atoms with Crippen LogP contribution in [0.15, 0.2) is 0 Å². The summed E-state index contributed by atoms with van der Waals surface area (Å²) in [6, 6.07) is 0. The molecule has 1 aliphatic carbocycles. The number of carboxylic acid groups (broad SMARTS) is 1. The molecule has 2 unspecified atom stereocenters. The molecule has 1 N–H and O–H groups in total. The van der Waals surface area contributed by atoms with Crippen molar-refractivity contribution in [2.45, 2.75) is 45.4 Å². The monoisotopic (exact) mass is 258 g/mol. The molecule has 0 saturated heterocycles. The Morgan fingerprint density at radius 3 is 2.72 bits per heavy atom. The van der Waals surface area contributed by atoms with Gasteiger partial charge in [-0.3, -0.25) is 4.79 Å². The molecule has 0 spiro atoms. The van der Waals surface area contributed by atoms with E-state index in [1.165, 1.54) is 0 Å². The molecule has 0 aromatic heterocycles. The van der Waals surface area contributed by atoms with Crippen LogP contribution < -0.4 is 0 Å². The first-order chi connectivity index (χ1) is 8.64. The summed E-state index contributed by atoms with van der Waals surface area (Å²) in [7, 11) is 1.65. The minimum Gasteiger partial charge on any atom is -0.481 e. The number of aliphatic carboxylic acids is 1. The van der Waals surface area contributed by atoms with Gasteiger partial charge in [0.1, 0.15) is 0 Å². The first-order valence-corrected chi connectivity index (χ1v) is 6.94. The van der Waals surface area contributed by atoms with Crippen LogP contribution in [0.4, 0.5) is 0 Å². The van der Waals surface area contributed by atoms with Gasteiger partial charge in [0.2, 0.25) is 0 Å². The van der Waals surface area contributed by atoms with E-state index in [-0.39, 0.29) is 0 Å². The van der Waals surface area contributed by atoms with Crippen LogP contribution in [0, 0.1) is 11.3 Å². The number of carbonyl (C=O) groups is 1. The number of rotatable bonds is 9. The summed E-state index contributed by atoms with van der Waals surface area (Å²) < 4.78 is 10.3. The molecule has 4 heteroatoms. The molecule has 18 heavy (non-hydrogen) atoms. The van der Waals surface area contributed by atoms with Gasteiger partial charge in [0.15, 0.2) is 0 Å². The second-order valence-electron chi connectivity index (χ2n) is 5.31. The molecule has 1 fully saturated rings. The van der Waals surface area contributed by atoms with Crippen molar-refractivity contribution in [2.24, 2.45) is 11.3 Å². The van der Waals surface area contributed by atoms with Crippen LogP contribution in [0.2, 0.25) is 0 Å². The number of methoxy groups -OCH3 is 1. The Kier molecular flexibility index (Phi) is 6.65. The second kappa shape index (κ2) is 7.74. The molecule has 0 aliphatic heterocycles. The van der Waals surface area contributed by atoms with Crippen molar-refractivity contribution in [1.29, 1.82) is 0 Å². The van der Waals surface area contributed by atoms with E-state index in [9.17, 15) is 9.90 Å². The van der Waals surface area contributed by atoms with E-state index < -0.39 is 11.4 Å². The van der Waals surface area contributed by atoms with E-state index >= 15 is 0 Å². The standard InChI is InChI=1S/C14H26O4/c1-3-12-5-7-14(11-12,13(15)16)6-4-8-18-10-9-17-2/h12H,3-11H2,1-2H3,(H,15,16). The Bertz CT molecular complexity index is 254. The van der Waals surface area contributed by atoms with Gasteiger partial charge < -0.3 is 14.6 Å². The summed E-state index contributed by atoms with van der Waals surface area (Å²) in [4.78, 5) is 11.5. The van der Waals surface area contributed by atoms with Crippen molar-refractivity contribution in [3.8, 4) is 0 Å². The summed E-state index contributed by atoms with van der Waals surface area (Å²) >= 11 is 0. The summed E-state index contributed by atoms with van der Waals surface area (Å²) in [5, 5.41) is 9.46. The molecule has 4 nitrogen and oxygen atoms in total. The third-order valence-corrected chi connectivity index (χ3v) is 4.12. The average Bonchev–Trinajstić information content (AvgIpc) is 2.79. The number of hydrogen-bond donors (Lipinski definition) is 1. The lowest BCUT2D eigenvalue weighted by Gasteiger charge is -2.24. The topological polar surface area (TPSA) is 55.8 Å². The highest BCUT2D eigenvalue weighted by Gasteiger charge is 2.44. The van der Waals surface area contributed by atoms with Gasteiger partial charge >= 0.3 is 5.97 Å². The number of ether oxygens (including phenoxy) is 2. The fourth-order valence-electron chi connectivity index (χ4n) is 2.87. The Morgan fingerprint density at radius 1 is 1.39 bits per heavy atom. The average molecular weight is 258 g/mol. The van der Waals surface area contributed by atoms with Crippen LogP contribution in [0.5, 0.6) is 0 Å². The number of carboxylic acids is 1. The summed E-state index contributed by atoms with van der Waals surface area (Å²) in [6.45, 7) is 3.97. The fraction of sp³-hybridized carbons (Fsp3) is 0.929. The highest BCUT2D eigenvalue weighted by Crippen LogP contribution is 2.46. The lowest BCUT2D eigenvalue weighted by Crippen LogP contribution is -2.28. The van der Waals surface area contributed by atoms with Gasteiger partial charge in [0.05, 0.1) is 18.6 Å². The van der Waals surface area contributed by atoms with Crippen molar-refractivity contribution < 1.29 is 19.4 Å².